The number of rotatable bonds is 2. The number of hydrogen-bond donors (Lipinski definition) is 2. The highest BCUT2D eigenvalue weighted by Gasteiger charge is 2.21. The van der Waals surface area contributed by atoms with Crippen LogP contribution in [0.2, 0.25) is 0 Å². The summed E-state index contributed by atoms with van der Waals surface area (Å²) in [7, 11) is 0. The van der Waals surface area contributed by atoms with E-state index in [2.05, 4.69) is 40.7 Å². The Morgan fingerprint density at radius 1 is 1.30 bits per heavy atom. The van der Waals surface area contributed by atoms with Crippen molar-refractivity contribution in [3.8, 4) is 0 Å². The summed E-state index contributed by atoms with van der Waals surface area (Å²) in [6, 6.07) is 9.84. The van der Waals surface area contributed by atoms with Gasteiger partial charge in [-0.25, -0.2) is 0 Å². The van der Waals surface area contributed by atoms with Gasteiger partial charge < -0.3 is 10.6 Å². The molecule has 4 nitrogen and oxygen atoms in total. The minimum atomic E-state index is -0.0624. The molecule has 20 heavy (non-hydrogen) atoms. The standard InChI is InChI=1S/C16H17N3O/c1-11-2-3-14-13(8-11)9-18-10-15(14)19-16(20)12-4-6-17-7-5-12/h2-8,15,18H,9-10H2,1H3,(H,19,20). The fraction of sp³-hybridized carbons (Fsp3) is 0.250. The summed E-state index contributed by atoms with van der Waals surface area (Å²) < 4.78 is 0. The molecule has 0 saturated carbocycles. The summed E-state index contributed by atoms with van der Waals surface area (Å²) in [5.74, 6) is -0.0624. The molecule has 102 valence electrons. The van der Waals surface area contributed by atoms with Crippen molar-refractivity contribution >= 4 is 5.91 Å². The SMILES string of the molecule is Cc1ccc2c(c1)CNCC2NC(=O)c1ccncc1. The van der Waals surface area contributed by atoms with Crippen molar-refractivity contribution < 1.29 is 4.79 Å². The first-order valence-corrected chi connectivity index (χ1v) is 6.75. The maximum atomic E-state index is 12.2. The van der Waals surface area contributed by atoms with Gasteiger partial charge in [0.05, 0.1) is 6.04 Å². The van der Waals surface area contributed by atoms with E-state index in [0.717, 1.165) is 13.1 Å². The lowest BCUT2D eigenvalue weighted by Gasteiger charge is -2.27. The van der Waals surface area contributed by atoms with E-state index in [1.54, 1.807) is 24.5 Å². The lowest BCUT2D eigenvalue weighted by atomic mass is 9.95. The van der Waals surface area contributed by atoms with Gasteiger partial charge in [-0.15, -0.1) is 0 Å². The molecule has 1 atom stereocenters. The number of amides is 1. The van der Waals surface area contributed by atoms with E-state index in [1.807, 2.05) is 0 Å². The summed E-state index contributed by atoms with van der Waals surface area (Å²) in [6.45, 7) is 3.70. The molecule has 0 spiro atoms. The topological polar surface area (TPSA) is 54.0 Å². The molecular formula is C16H17N3O. The van der Waals surface area contributed by atoms with E-state index in [-0.39, 0.29) is 11.9 Å². The van der Waals surface area contributed by atoms with Crippen LogP contribution in [0.4, 0.5) is 0 Å². The van der Waals surface area contributed by atoms with Crippen LogP contribution in [-0.4, -0.2) is 17.4 Å². The van der Waals surface area contributed by atoms with Crippen molar-refractivity contribution in [3.05, 3.63) is 65.0 Å². The summed E-state index contributed by atoms with van der Waals surface area (Å²) in [4.78, 5) is 16.2. The second-order valence-electron chi connectivity index (χ2n) is 5.10. The number of benzene rings is 1. The molecular weight excluding hydrogens is 250 g/mol. The number of hydrogen-bond acceptors (Lipinski definition) is 3. The molecule has 2 aromatic rings. The van der Waals surface area contributed by atoms with Gasteiger partial charge in [0.2, 0.25) is 0 Å². The van der Waals surface area contributed by atoms with Crippen molar-refractivity contribution in [3.63, 3.8) is 0 Å². The van der Waals surface area contributed by atoms with E-state index >= 15 is 0 Å². The van der Waals surface area contributed by atoms with Crippen LogP contribution in [0.1, 0.15) is 33.1 Å². The van der Waals surface area contributed by atoms with Crippen LogP contribution in [0, 0.1) is 6.92 Å². The average Bonchev–Trinajstić information content (AvgIpc) is 2.48. The summed E-state index contributed by atoms with van der Waals surface area (Å²) >= 11 is 0. The first-order valence-electron chi connectivity index (χ1n) is 6.75. The third-order valence-electron chi connectivity index (χ3n) is 3.59. The molecule has 0 radical (unpaired) electrons. The number of aryl methyl sites for hydroxylation is 1. The van der Waals surface area contributed by atoms with Crippen LogP contribution in [0.3, 0.4) is 0 Å². The number of aromatic nitrogens is 1. The molecule has 1 aromatic carbocycles. The lowest BCUT2D eigenvalue weighted by Crippen LogP contribution is -2.39. The molecule has 0 fully saturated rings. The zero-order valence-electron chi connectivity index (χ0n) is 11.4. The Morgan fingerprint density at radius 3 is 2.90 bits per heavy atom. The third-order valence-corrected chi connectivity index (χ3v) is 3.59. The van der Waals surface area contributed by atoms with Crippen LogP contribution < -0.4 is 10.6 Å². The Morgan fingerprint density at radius 2 is 2.10 bits per heavy atom. The minimum absolute atomic E-state index is 0.0139. The normalized spacial score (nSPS) is 17.4. The minimum Gasteiger partial charge on any atom is -0.344 e. The van der Waals surface area contributed by atoms with E-state index in [0.29, 0.717) is 5.56 Å². The van der Waals surface area contributed by atoms with Gasteiger partial charge in [0.25, 0.3) is 5.91 Å². The molecule has 3 rings (SSSR count). The molecule has 1 aliphatic rings. The summed E-state index contributed by atoms with van der Waals surface area (Å²) in [5, 5.41) is 6.43. The van der Waals surface area contributed by atoms with E-state index < -0.39 is 0 Å². The van der Waals surface area contributed by atoms with Crippen molar-refractivity contribution in [1.82, 2.24) is 15.6 Å². The Bertz CT molecular complexity index is 625. The summed E-state index contributed by atoms with van der Waals surface area (Å²) in [5.41, 5.74) is 4.35. The fourth-order valence-electron chi connectivity index (χ4n) is 2.56. The largest absolute Gasteiger partial charge is 0.344 e. The molecule has 0 bridgehead atoms. The van der Waals surface area contributed by atoms with Crippen molar-refractivity contribution in [2.24, 2.45) is 0 Å². The fourth-order valence-corrected chi connectivity index (χ4v) is 2.56. The Balaban J connectivity index is 1.81. The number of carbonyl (C=O) groups excluding carboxylic acids is 1. The maximum Gasteiger partial charge on any atom is 0.251 e. The first kappa shape index (κ1) is 12.8. The van der Waals surface area contributed by atoms with Gasteiger partial charge in [-0.05, 0) is 30.2 Å². The molecule has 2 heterocycles. The molecule has 1 unspecified atom stereocenters. The highest BCUT2D eigenvalue weighted by Crippen LogP contribution is 2.23. The molecule has 1 aliphatic heterocycles. The van der Waals surface area contributed by atoms with Crippen LogP contribution in [-0.2, 0) is 6.54 Å². The Kier molecular flexibility index (Phi) is 3.48. The summed E-state index contributed by atoms with van der Waals surface area (Å²) in [6.07, 6.45) is 3.26. The van der Waals surface area contributed by atoms with Crippen LogP contribution >= 0.6 is 0 Å². The highest BCUT2D eigenvalue weighted by atomic mass is 16.1. The van der Waals surface area contributed by atoms with Crippen LogP contribution in [0.15, 0.2) is 42.7 Å². The van der Waals surface area contributed by atoms with Gasteiger partial charge in [-0.2, -0.15) is 0 Å². The number of nitrogens with one attached hydrogen (secondary N) is 2. The van der Waals surface area contributed by atoms with E-state index in [4.69, 9.17) is 0 Å². The Labute approximate surface area is 118 Å². The van der Waals surface area contributed by atoms with Crippen molar-refractivity contribution in [1.29, 1.82) is 0 Å². The van der Waals surface area contributed by atoms with Crippen LogP contribution in [0.5, 0.6) is 0 Å². The predicted octanol–water partition coefficient (Wildman–Crippen LogP) is 1.96. The zero-order valence-corrected chi connectivity index (χ0v) is 11.4. The second-order valence-corrected chi connectivity index (χ2v) is 5.10. The lowest BCUT2D eigenvalue weighted by molar-refractivity contribution is 0.0934. The monoisotopic (exact) mass is 267 g/mol. The number of nitrogens with zero attached hydrogens (tertiary/aromatic N) is 1. The molecule has 1 aromatic heterocycles. The van der Waals surface area contributed by atoms with Gasteiger partial charge in [-0.1, -0.05) is 23.8 Å². The quantitative estimate of drug-likeness (QED) is 0.874. The Hall–Kier alpha value is -2.20. The zero-order chi connectivity index (χ0) is 13.9. The smallest absolute Gasteiger partial charge is 0.251 e. The highest BCUT2D eigenvalue weighted by molar-refractivity contribution is 5.94. The molecule has 0 aliphatic carbocycles. The van der Waals surface area contributed by atoms with Crippen LogP contribution in [0.25, 0.3) is 0 Å². The van der Waals surface area contributed by atoms with Crippen molar-refractivity contribution in [2.45, 2.75) is 19.5 Å². The second kappa shape index (κ2) is 5.43. The van der Waals surface area contributed by atoms with E-state index in [9.17, 15) is 4.79 Å². The van der Waals surface area contributed by atoms with Crippen molar-refractivity contribution in [2.75, 3.05) is 6.54 Å². The van der Waals surface area contributed by atoms with E-state index in [1.165, 1.54) is 16.7 Å². The van der Waals surface area contributed by atoms with Gasteiger partial charge in [0.15, 0.2) is 0 Å². The molecule has 4 heteroatoms. The predicted molar refractivity (Wildman–Crippen MR) is 77.3 cm³/mol. The average molecular weight is 267 g/mol. The van der Waals surface area contributed by atoms with Gasteiger partial charge in [0, 0.05) is 31.0 Å². The third kappa shape index (κ3) is 2.56. The number of carbonyl (C=O) groups is 1. The maximum absolute atomic E-state index is 12.2. The van der Waals surface area contributed by atoms with Gasteiger partial charge in [-0.3, -0.25) is 9.78 Å². The first-order chi connectivity index (χ1) is 9.74. The molecule has 0 saturated heterocycles. The van der Waals surface area contributed by atoms with Gasteiger partial charge in [0.1, 0.15) is 0 Å². The molecule has 1 amide bonds. The number of pyridine rings is 1. The molecule has 2 N–H and O–H groups in total. The number of fused-ring (bicyclic) bond motifs is 1. The van der Waals surface area contributed by atoms with Gasteiger partial charge >= 0.3 is 0 Å².